The summed E-state index contributed by atoms with van der Waals surface area (Å²) in [5.41, 5.74) is 0.507. The maximum absolute atomic E-state index is 11.2. The molecule has 2 heterocycles. The molecule has 1 aliphatic heterocycles. The van der Waals surface area contributed by atoms with Crippen LogP contribution in [0.25, 0.3) is 6.08 Å². The fourth-order valence-electron chi connectivity index (χ4n) is 0.998. The number of hydrogen-bond acceptors (Lipinski definition) is 3. The largest absolute Gasteiger partial charge is 0.328 e. The molecule has 0 aliphatic carbocycles. The van der Waals surface area contributed by atoms with Gasteiger partial charge in [0.1, 0.15) is 5.70 Å². The van der Waals surface area contributed by atoms with Gasteiger partial charge in [0.15, 0.2) is 5.11 Å². The molecule has 0 atom stereocenters. The lowest BCUT2D eigenvalue weighted by molar-refractivity contribution is -0.115. The molecule has 3 nitrogen and oxygen atoms in total. The Labute approximate surface area is 84.5 Å². The van der Waals surface area contributed by atoms with E-state index in [9.17, 15) is 4.79 Å². The summed E-state index contributed by atoms with van der Waals surface area (Å²) in [6.07, 6.45) is 1.78. The van der Waals surface area contributed by atoms with Gasteiger partial charge in [-0.05, 0) is 29.7 Å². The highest BCUT2D eigenvalue weighted by Gasteiger charge is 2.19. The Balaban J connectivity index is 2.27. The number of carbonyl (C=O) groups excluding carboxylic acids is 1. The number of nitrogens with one attached hydrogen (secondary N) is 2. The third-order valence-corrected chi connectivity index (χ3v) is 2.57. The van der Waals surface area contributed by atoms with E-state index in [0.29, 0.717) is 10.8 Å². The summed E-state index contributed by atoms with van der Waals surface area (Å²) in [5.74, 6) is -0.168. The third kappa shape index (κ3) is 1.76. The van der Waals surface area contributed by atoms with E-state index in [4.69, 9.17) is 12.2 Å². The second-order valence-electron chi connectivity index (χ2n) is 2.48. The molecule has 1 saturated heterocycles. The van der Waals surface area contributed by atoms with Crippen LogP contribution in [-0.4, -0.2) is 11.0 Å². The molecular formula is C8H6N2OS2. The monoisotopic (exact) mass is 210 g/mol. The van der Waals surface area contributed by atoms with E-state index in [0.717, 1.165) is 4.88 Å². The van der Waals surface area contributed by atoms with Crippen molar-refractivity contribution in [3.8, 4) is 0 Å². The molecule has 1 aromatic rings. The van der Waals surface area contributed by atoms with Crippen LogP contribution in [-0.2, 0) is 4.79 Å². The van der Waals surface area contributed by atoms with Crippen LogP contribution in [0.5, 0.6) is 0 Å². The van der Waals surface area contributed by atoms with Gasteiger partial charge in [0.25, 0.3) is 5.91 Å². The van der Waals surface area contributed by atoms with Crippen molar-refractivity contribution in [3.63, 3.8) is 0 Å². The molecule has 2 rings (SSSR count). The van der Waals surface area contributed by atoms with Crippen LogP contribution in [0.2, 0.25) is 0 Å². The van der Waals surface area contributed by atoms with Crippen molar-refractivity contribution < 1.29 is 4.79 Å². The van der Waals surface area contributed by atoms with Gasteiger partial charge in [0.05, 0.1) is 0 Å². The van der Waals surface area contributed by atoms with Crippen molar-refractivity contribution in [2.24, 2.45) is 0 Å². The molecule has 13 heavy (non-hydrogen) atoms. The van der Waals surface area contributed by atoms with Crippen LogP contribution in [0.15, 0.2) is 23.2 Å². The Bertz CT molecular complexity index is 381. The Hall–Kier alpha value is -1.20. The fraction of sp³-hybridized carbons (Fsp3) is 0. The molecule has 1 aliphatic rings. The first-order valence-corrected chi connectivity index (χ1v) is 4.92. The first kappa shape index (κ1) is 8.40. The van der Waals surface area contributed by atoms with Crippen LogP contribution < -0.4 is 10.6 Å². The van der Waals surface area contributed by atoms with Crippen LogP contribution >= 0.6 is 23.6 Å². The van der Waals surface area contributed by atoms with Crippen molar-refractivity contribution in [1.29, 1.82) is 0 Å². The van der Waals surface area contributed by atoms with Crippen LogP contribution in [0.1, 0.15) is 4.88 Å². The maximum atomic E-state index is 11.2. The highest BCUT2D eigenvalue weighted by atomic mass is 32.1. The third-order valence-electron chi connectivity index (χ3n) is 1.55. The van der Waals surface area contributed by atoms with Gasteiger partial charge in [-0.15, -0.1) is 11.3 Å². The minimum Gasteiger partial charge on any atom is -0.328 e. The van der Waals surface area contributed by atoms with E-state index in [-0.39, 0.29) is 5.91 Å². The molecule has 1 aromatic heterocycles. The Morgan fingerprint density at radius 3 is 2.85 bits per heavy atom. The normalized spacial score (nSPS) is 18.9. The highest BCUT2D eigenvalue weighted by Crippen LogP contribution is 2.13. The Kier molecular flexibility index (Phi) is 2.12. The highest BCUT2D eigenvalue weighted by molar-refractivity contribution is 7.80. The van der Waals surface area contributed by atoms with E-state index in [1.54, 1.807) is 17.4 Å². The summed E-state index contributed by atoms with van der Waals surface area (Å²) in [6, 6.07) is 3.87. The molecule has 1 amide bonds. The summed E-state index contributed by atoms with van der Waals surface area (Å²) in [6.45, 7) is 0. The first-order valence-electron chi connectivity index (χ1n) is 3.63. The summed E-state index contributed by atoms with van der Waals surface area (Å²) < 4.78 is 0. The first-order chi connectivity index (χ1) is 6.25. The molecule has 0 saturated carbocycles. The van der Waals surface area contributed by atoms with Gasteiger partial charge in [-0.2, -0.15) is 0 Å². The quantitative estimate of drug-likeness (QED) is 0.538. The Morgan fingerprint density at radius 2 is 2.31 bits per heavy atom. The van der Waals surface area contributed by atoms with Crippen molar-refractivity contribution >= 4 is 40.7 Å². The van der Waals surface area contributed by atoms with Gasteiger partial charge in [-0.1, -0.05) is 6.07 Å². The van der Waals surface area contributed by atoms with Crippen molar-refractivity contribution in [2.75, 3.05) is 0 Å². The van der Waals surface area contributed by atoms with Gasteiger partial charge in [0, 0.05) is 4.88 Å². The van der Waals surface area contributed by atoms with Crippen molar-refractivity contribution in [2.45, 2.75) is 0 Å². The lowest BCUT2D eigenvalue weighted by Crippen LogP contribution is -2.21. The molecule has 0 bridgehead atoms. The molecule has 5 heteroatoms. The smallest absolute Gasteiger partial charge is 0.273 e. The molecule has 0 unspecified atom stereocenters. The summed E-state index contributed by atoms with van der Waals surface area (Å²) in [5, 5.41) is 7.60. The van der Waals surface area contributed by atoms with E-state index in [1.165, 1.54) is 0 Å². The summed E-state index contributed by atoms with van der Waals surface area (Å²) in [7, 11) is 0. The molecule has 0 radical (unpaired) electrons. The zero-order valence-electron chi connectivity index (χ0n) is 6.53. The number of carbonyl (C=O) groups is 1. The second-order valence-corrected chi connectivity index (χ2v) is 3.87. The molecule has 2 N–H and O–H groups in total. The second kappa shape index (κ2) is 3.27. The topological polar surface area (TPSA) is 41.1 Å². The van der Waals surface area contributed by atoms with E-state index >= 15 is 0 Å². The SMILES string of the molecule is O=C1NC(=S)N/C1=C\c1cccs1. The van der Waals surface area contributed by atoms with E-state index < -0.39 is 0 Å². The summed E-state index contributed by atoms with van der Waals surface area (Å²) in [4.78, 5) is 12.2. The van der Waals surface area contributed by atoms with Gasteiger partial charge in [-0.3, -0.25) is 10.1 Å². The minimum atomic E-state index is -0.168. The lowest BCUT2D eigenvalue weighted by atomic mass is 10.3. The van der Waals surface area contributed by atoms with E-state index in [2.05, 4.69) is 10.6 Å². The molecular weight excluding hydrogens is 204 g/mol. The van der Waals surface area contributed by atoms with Crippen molar-refractivity contribution in [1.82, 2.24) is 10.6 Å². The van der Waals surface area contributed by atoms with Gasteiger partial charge < -0.3 is 5.32 Å². The van der Waals surface area contributed by atoms with Gasteiger partial charge in [0.2, 0.25) is 0 Å². The van der Waals surface area contributed by atoms with Crippen LogP contribution in [0.4, 0.5) is 0 Å². The van der Waals surface area contributed by atoms with Crippen LogP contribution in [0, 0.1) is 0 Å². The average molecular weight is 210 g/mol. The number of thiophene rings is 1. The predicted octanol–water partition coefficient (Wildman–Crippen LogP) is 1.09. The zero-order valence-corrected chi connectivity index (χ0v) is 8.17. The molecule has 66 valence electrons. The number of amides is 1. The molecule has 1 fully saturated rings. The molecule has 0 spiro atoms. The lowest BCUT2D eigenvalue weighted by Gasteiger charge is -1.91. The van der Waals surface area contributed by atoms with Crippen LogP contribution in [0.3, 0.4) is 0 Å². The zero-order chi connectivity index (χ0) is 9.26. The fourth-order valence-corrected chi connectivity index (χ4v) is 1.86. The van der Waals surface area contributed by atoms with Gasteiger partial charge >= 0.3 is 0 Å². The number of thiocarbonyl (C=S) groups is 1. The number of hydrogen-bond donors (Lipinski definition) is 2. The number of rotatable bonds is 1. The maximum Gasteiger partial charge on any atom is 0.273 e. The van der Waals surface area contributed by atoms with Gasteiger partial charge in [-0.25, -0.2) is 0 Å². The minimum absolute atomic E-state index is 0.168. The standard InChI is InChI=1S/C8H6N2OS2/c11-7-6(9-8(12)10-7)4-5-2-1-3-13-5/h1-4H,(H2,9,10,11,12)/b6-4-. The Morgan fingerprint density at radius 1 is 1.46 bits per heavy atom. The van der Waals surface area contributed by atoms with Crippen molar-refractivity contribution in [3.05, 3.63) is 28.1 Å². The molecule has 0 aromatic carbocycles. The predicted molar refractivity (Wildman–Crippen MR) is 56.2 cm³/mol. The average Bonchev–Trinajstić information content (AvgIpc) is 2.63. The van der Waals surface area contributed by atoms with E-state index in [1.807, 2.05) is 17.5 Å². The summed E-state index contributed by atoms with van der Waals surface area (Å²) >= 11 is 6.36.